The van der Waals surface area contributed by atoms with Crippen LogP contribution in [0.25, 0.3) is 0 Å². The Balaban J connectivity index is 2.34. The molecule has 0 saturated carbocycles. The molecule has 0 radical (unpaired) electrons. The number of hydrogen-bond acceptors (Lipinski definition) is 4. The van der Waals surface area contributed by atoms with Crippen LogP contribution >= 0.6 is 0 Å². The van der Waals surface area contributed by atoms with Crippen LogP contribution < -0.4 is 0 Å². The summed E-state index contributed by atoms with van der Waals surface area (Å²) < 4.78 is 5.50. The van der Waals surface area contributed by atoms with E-state index in [1.54, 1.807) is 0 Å². The summed E-state index contributed by atoms with van der Waals surface area (Å²) >= 11 is 0. The highest BCUT2D eigenvalue weighted by Crippen LogP contribution is 2.23. The van der Waals surface area contributed by atoms with E-state index in [9.17, 15) is 10.2 Å². The highest BCUT2D eigenvalue weighted by molar-refractivity contribution is 4.84. The van der Waals surface area contributed by atoms with Crippen molar-refractivity contribution in [1.29, 1.82) is 0 Å². The third-order valence-corrected chi connectivity index (χ3v) is 2.96. The Labute approximate surface area is 90.9 Å². The first-order chi connectivity index (χ1) is 7.19. The van der Waals surface area contributed by atoms with Gasteiger partial charge in [-0.15, -0.1) is 0 Å². The first kappa shape index (κ1) is 12.9. The van der Waals surface area contributed by atoms with Gasteiger partial charge in [-0.05, 0) is 6.42 Å². The van der Waals surface area contributed by atoms with E-state index in [4.69, 9.17) is 9.84 Å². The fourth-order valence-corrected chi connectivity index (χ4v) is 2.00. The van der Waals surface area contributed by atoms with E-state index < -0.39 is 18.3 Å². The molecule has 0 bridgehead atoms. The van der Waals surface area contributed by atoms with Gasteiger partial charge in [0.15, 0.2) is 0 Å². The Morgan fingerprint density at radius 2 is 2.00 bits per heavy atom. The zero-order valence-corrected chi connectivity index (χ0v) is 9.30. The van der Waals surface area contributed by atoms with Gasteiger partial charge >= 0.3 is 0 Å². The van der Waals surface area contributed by atoms with Gasteiger partial charge < -0.3 is 20.1 Å². The molecule has 90 valence electrons. The summed E-state index contributed by atoms with van der Waals surface area (Å²) in [5.74, 6) is 0. The number of hydrogen-bond donors (Lipinski definition) is 3. The SMILES string of the molecule is CCCCCC1CC(O)C(O)C(CO)O1. The Morgan fingerprint density at radius 1 is 1.27 bits per heavy atom. The van der Waals surface area contributed by atoms with E-state index in [1.807, 2.05) is 0 Å². The van der Waals surface area contributed by atoms with Crippen LogP contribution in [0.15, 0.2) is 0 Å². The highest BCUT2D eigenvalue weighted by atomic mass is 16.5. The van der Waals surface area contributed by atoms with Crippen molar-refractivity contribution in [2.24, 2.45) is 0 Å². The Morgan fingerprint density at radius 3 is 2.60 bits per heavy atom. The lowest BCUT2D eigenvalue weighted by Crippen LogP contribution is -2.49. The van der Waals surface area contributed by atoms with E-state index in [0.717, 1.165) is 25.7 Å². The van der Waals surface area contributed by atoms with Crippen molar-refractivity contribution in [2.45, 2.75) is 63.4 Å². The molecule has 1 aliphatic rings. The van der Waals surface area contributed by atoms with Gasteiger partial charge in [-0.2, -0.15) is 0 Å². The minimum absolute atomic E-state index is 0.0212. The molecule has 15 heavy (non-hydrogen) atoms. The Bertz CT molecular complexity index is 174. The Hall–Kier alpha value is -0.160. The molecule has 0 spiro atoms. The Kier molecular flexibility index (Phi) is 5.53. The van der Waals surface area contributed by atoms with Crippen molar-refractivity contribution in [3.8, 4) is 0 Å². The zero-order chi connectivity index (χ0) is 11.3. The van der Waals surface area contributed by atoms with Crippen molar-refractivity contribution in [3.05, 3.63) is 0 Å². The van der Waals surface area contributed by atoms with E-state index >= 15 is 0 Å². The van der Waals surface area contributed by atoms with E-state index in [0.29, 0.717) is 6.42 Å². The summed E-state index contributed by atoms with van der Waals surface area (Å²) in [5.41, 5.74) is 0. The van der Waals surface area contributed by atoms with E-state index in [2.05, 4.69) is 6.92 Å². The molecule has 4 atom stereocenters. The molecule has 4 heteroatoms. The summed E-state index contributed by atoms with van der Waals surface area (Å²) in [5, 5.41) is 28.0. The zero-order valence-electron chi connectivity index (χ0n) is 9.30. The van der Waals surface area contributed by atoms with Crippen molar-refractivity contribution in [3.63, 3.8) is 0 Å². The molecule has 1 fully saturated rings. The smallest absolute Gasteiger partial charge is 0.109 e. The molecule has 0 amide bonds. The van der Waals surface area contributed by atoms with Gasteiger partial charge in [0, 0.05) is 6.42 Å². The van der Waals surface area contributed by atoms with Crippen molar-refractivity contribution in [1.82, 2.24) is 0 Å². The van der Waals surface area contributed by atoms with Crippen molar-refractivity contribution >= 4 is 0 Å². The average molecular weight is 218 g/mol. The third kappa shape index (κ3) is 3.72. The molecule has 0 aromatic heterocycles. The second-order valence-electron chi connectivity index (χ2n) is 4.27. The van der Waals surface area contributed by atoms with Crippen LogP contribution in [0.1, 0.15) is 39.0 Å². The van der Waals surface area contributed by atoms with E-state index in [-0.39, 0.29) is 12.7 Å². The van der Waals surface area contributed by atoms with Crippen LogP contribution in [-0.4, -0.2) is 46.3 Å². The first-order valence-electron chi connectivity index (χ1n) is 5.81. The standard InChI is InChI=1S/C11H22O4/c1-2-3-4-5-8-6-9(13)11(14)10(7-12)15-8/h8-14H,2-7H2,1H3. The summed E-state index contributed by atoms with van der Waals surface area (Å²) in [4.78, 5) is 0. The van der Waals surface area contributed by atoms with Crippen LogP contribution in [0.2, 0.25) is 0 Å². The fraction of sp³-hybridized carbons (Fsp3) is 1.00. The number of aliphatic hydroxyl groups excluding tert-OH is 3. The molecular weight excluding hydrogens is 196 g/mol. The molecule has 0 aromatic carbocycles. The monoisotopic (exact) mass is 218 g/mol. The van der Waals surface area contributed by atoms with Crippen LogP contribution in [0.5, 0.6) is 0 Å². The van der Waals surface area contributed by atoms with Gasteiger partial charge in [-0.1, -0.05) is 26.2 Å². The molecule has 1 heterocycles. The average Bonchev–Trinajstić information content (AvgIpc) is 2.23. The highest BCUT2D eigenvalue weighted by Gasteiger charge is 2.35. The van der Waals surface area contributed by atoms with Gasteiger partial charge in [-0.3, -0.25) is 0 Å². The summed E-state index contributed by atoms with van der Waals surface area (Å²) in [6.45, 7) is 1.90. The van der Waals surface area contributed by atoms with E-state index in [1.165, 1.54) is 0 Å². The maximum absolute atomic E-state index is 9.57. The second-order valence-corrected chi connectivity index (χ2v) is 4.27. The molecule has 1 aliphatic heterocycles. The lowest BCUT2D eigenvalue weighted by molar-refractivity contribution is -0.181. The maximum Gasteiger partial charge on any atom is 0.109 e. The normalized spacial score (nSPS) is 36.8. The van der Waals surface area contributed by atoms with Crippen molar-refractivity contribution in [2.75, 3.05) is 6.61 Å². The van der Waals surface area contributed by atoms with Gasteiger partial charge in [0.1, 0.15) is 12.2 Å². The molecule has 3 N–H and O–H groups in total. The van der Waals surface area contributed by atoms with Gasteiger partial charge in [0.25, 0.3) is 0 Å². The minimum atomic E-state index is -0.947. The largest absolute Gasteiger partial charge is 0.394 e. The van der Waals surface area contributed by atoms with Gasteiger partial charge in [0.05, 0.1) is 18.8 Å². The van der Waals surface area contributed by atoms with Crippen LogP contribution in [0.3, 0.4) is 0 Å². The lowest BCUT2D eigenvalue weighted by Gasteiger charge is -2.36. The lowest BCUT2D eigenvalue weighted by atomic mass is 9.95. The predicted octanol–water partition coefficient (Wildman–Crippen LogP) is 0.438. The van der Waals surface area contributed by atoms with Crippen LogP contribution in [-0.2, 0) is 4.74 Å². The quantitative estimate of drug-likeness (QED) is 0.586. The van der Waals surface area contributed by atoms with Crippen LogP contribution in [0, 0.1) is 0 Å². The molecule has 1 saturated heterocycles. The molecule has 4 nitrogen and oxygen atoms in total. The molecular formula is C11H22O4. The van der Waals surface area contributed by atoms with Gasteiger partial charge in [0.2, 0.25) is 0 Å². The summed E-state index contributed by atoms with van der Waals surface area (Å²) in [7, 11) is 0. The molecule has 0 aromatic rings. The first-order valence-corrected chi connectivity index (χ1v) is 5.81. The number of aliphatic hydroxyl groups is 3. The molecule has 4 unspecified atom stereocenters. The number of unbranched alkanes of at least 4 members (excludes halogenated alkanes) is 2. The maximum atomic E-state index is 9.57. The fourth-order valence-electron chi connectivity index (χ4n) is 2.00. The predicted molar refractivity (Wildman–Crippen MR) is 56.5 cm³/mol. The molecule has 0 aliphatic carbocycles. The number of ether oxygens (including phenoxy) is 1. The second kappa shape index (κ2) is 6.43. The van der Waals surface area contributed by atoms with Crippen LogP contribution in [0.4, 0.5) is 0 Å². The molecule has 1 rings (SSSR count). The van der Waals surface area contributed by atoms with Gasteiger partial charge in [-0.25, -0.2) is 0 Å². The van der Waals surface area contributed by atoms with Crippen molar-refractivity contribution < 1.29 is 20.1 Å². The summed E-state index contributed by atoms with van der Waals surface area (Å²) in [6, 6.07) is 0. The topological polar surface area (TPSA) is 69.9 Å². The summed E-state index contributed by atoms with van der Waals surface area (Å²) in [6.07, 6.45) is 2.40. The third-order valence-electron chi connectivity index (χ3n) is 2.96. The number of rotatable bonds is 5. The minimum Gasteiger partial charge on any atom is -0.394 e.